The zero-order chi connectivity index (χ0) is 22.3. The molecule has 1 fully saturated rings. The lowest BCUT2D eigenvalue weighted by Gasteiger charge is -2.35. The van der Waals surface area contributed by atoms with Crippen LogP contribution in [0.5, 0.6) is 0 Å². The highest BCUT2D eigenvalue weighted by Crippen LogP contribution is 2.29. The molecule has 0 saturated heterocycles. The summed E-state index contributed by atoms with van der Waals surface area (Å²) in [4.78, 5) is 46.4. The second-order valence-corrected chi connectivity index (χ2v) is 7.82. The van der Waals surface area contributed by atoms with Gasteiger partial charge in [-0.1, -0.05) is 26.7 Å². The zero-order valence-corrected chi connectivity index (χ0v) is 17.6. The van der Waals surface area contributed by atoms with E-state index in [-0.39, 0.29) is 36.2 Å². The van der Waals surface area contributed by atoms with Gasteiger partial charge in [0.05, 0.1) is 11.3 Å². The van der Waals surface area contributed by atoms with E-state index in [1.54, 1.807) is 0 Å². The first kappa shape index (κ1) is 23.3. The molecule has 164 valence electrons. The van der Waals surface area contributed by atoms with Crippen molar-refractivity contribution in [2.75, 3.05) is 6.54 Å². The van der Waals surface area contributed by atoms with Crippen molar-refractivity contribution in [3.05, 3.63) is 39.9 Å². The Bertz CT molecular complexity index is 779. The number of benzene rings is 1. The third kappa shape index (κ3) is 6.53. The second-order valence-electron chi connectivity index (χ2n) is 7.82. The van der Waals surface area contributed by atoms with Crippen LogP contribution in [0.1, 0.15) is 56.8 Å². The van der Waals surface area contributed by atoms with E-state index in [1.807, 2.05) is 0 Å². The Balaban J connectivity index is 1.72. The molecule has 1 aliphatic carbocycles. The minimum Gasteiger partial charge on any atom is -0.452 e. The topological polar surface area (TPSA) is 128 Å². The van der Waals surface area contributed by atoms with Gasteiger partial charge in [0, 0.05) is 30.3 Å². The SMILES string of the molecule is C[C@@H]1[C@@H](C)CCC[C@H]1NC(=O)[C@@H](C)OC(=O)CCNC(=O)c1ccc([N+](=O)[O-])cc1. The van der Waals surface area contributed by atoms with E-state index in [0.717, 1.165) is 19.3 Å². The van der Waals surface area contributed by atoms with Gasteiger partial charge < -0.3 is 15.4 Å². The summed E-state index contributed by atoms with van der Waals surface area (Å²) in [6, 6.07) is 5.23. The summed E-state index contributed by atoms with van der Waals surface area (Å²) < 4.78 is 5.17. The number of carbonyl (C=O) groups excluding carboxylic acids is 3. The average molecular weight is 419 g/mol. The number of carbonyl (C=O) groups is 3. The van der Waals surface area contributed by atoms with Crippen molar-refractivity contribution in [3.8, 4) is 0 Å². The van der Waals surface area contributed by atoms with Crippen LogP contribution >= 0.6 is 0 Å². The predicted molar refractivity (Wildman–Crippen MR) is 110 cm³/mol. The molecule has 9 nitrogen and oxygen atoms in total. The van der Waals surface area contributed by atoms with E-state index < -0.39 is 22.9 Å². The number of nitrogens with one attached hydrogen (secondary N) is 2. The largest absolute Gasteiger partial charge is 0.452 e. The molecule has 9 heteroatoms. The van der Waals surface area contributed by atoms with Crippen molar-refractivity contribution in [2.24, 2.45) is 11.8 Å². The van der Waals surface area contributed by atoms with Crippen LogP contribution in [0.4, 0.5) is 5.69 Å². The standard InChI is InChI=1S/C21H29N3O6/c1-13-5-4-6-18(14(13)2)23-20(26)15(3)30-19(25)11-12-22-21(27)16-7-9-17(10-8-16)24(28)29/h7-10,13-15,18H,4-6,11-12H2,1-3H3,(H,22,27)(H,23,26)/t13-,14+,15+,18+/m0/s1. The number of non-ortho nitro benzene ring substituents is 1. The molecule has 0 unspecified atom stereocenters. The Kier molecular flexibility index (Phi) is 8.32. The maximum atomic E-state index is 12.3. The van der Waals surface area contributed by atoms with Crippen LogP contribution < -0.4 is 10.6 Å². The molecule has 30 heavy (non-hydrogen) atoms. The fraction of sp³-hybridized carbons (Fsp3) is 0.571. The van der Waals surface area contributed by atoms with Crippen LogP contribution in [0.15, 0.2) is 24.3 Å². The first-order valence-electron chi connectivity index (χ1n) is 10.2. The van der Waals surface area contributed by atoms with Crippen molar-refractivity contribution in [2.45, 2.75) is 58.6 Å². The third-order valence-corrected chi connectivity index (χ3v) is 5.67. The second kappa shape index (κ2) is 10.7. The lowest BCUT2D eigenvalue weighted by atomic mass is 9.78. The minimum absolute atomic E-state index is 0.0279. The highest BCUT2D eigenvalue weighted by molar-refractivity contribution is 5.94. The van der Waals surface area contributed by atoms with E-state index in [9.17, 15) is 24.5 Å². The number of hydrogen-bond acceptors (Lipinski definition) is 6. The maximum Gasteiger partial charge on any atom is 0.308 e. The lowest BCUT2D eigenvalue weighted by molar-refractivity contribution is -0.384. The minimum atomic E-state index is -0.910. The fourth-order valence-electron chi connectivity index (χ4n) is 3.51. The summed E-state index contributed by atoms with van der Waals surface area (Å²) in [6.45, 7) is 5.86. The molecular formula is C21H29N3O6. The number of amides is 2. The van der Waals surface area contributed by atoms with E-state index in [2.05, 4.69) is 24.5 Å². The Morgan fingerprint density at radius 2 is 1.87 bits per heavy atom. The summed E-state index contributed by atoms with van der Waals surface area (Å²) in [5.41, 5.74) is 0.136. The number of esters is 1. The van der Waals surface area contributed by atoms with Gasteiger partial charge in [-0.05, 0) is 37.3 Å². The van der Waals surface area contributed by atoms with Crippen LogP contribution in [0.3, 0.4) is 0 Å². The molecule has 0 aliphatic heterocycles. The zero-order valence-electron chi connectivity index (χ0n) is 17.6. The summed E-state index contributed by atoms with van der Waals surface area (Å²) in [6.07, 6.45) is 2.15. The summed E-state index contributed by atoms with van der Waals surface area (Å²) in [7, 11) is 0. The predicted octanol–water partition coefficient (Wildman–Crippen LogP) is 2.59. The molecule has 2 rings (SSSR count). The Labute approximate surface area is 175 Å². The average Bonchev–Trinajstić information content (AvgIpc) is 2.71. The number of nitro groups is 1. The van der Waals surface area contributed by atoms with Gasteiger partial charge in [-0.2, -0.15) is 0 Å². The molecule has 2 amide bonds. The van der Waals surface area contributed by atoms with Crippen LogP contribution in [-0.4, -0.2) is 41.4 Å². The van der Waals surface area contributed by atoms with E-state index in [4.69, 9.17) is 4.74 Å². The Hall–Kier alpha value is -2.97. The Morgan fingerprint density at radius 3 is 2.50 bits per heavy atom. The quantitative estimate of drug-likeness (QED) is 0.379. The summed E-state index contributed by atoms with van der Waals surface area (Å²) >= 11 is 0. The molecule has 1 aromatic rings. The maximum absolute atomic E-state index is 12.3. The van der Waals surface area contributed by atoms with Gasteiger partial charge in [0.1, 0.15) is 0 Å². The van der Waals surface area contributed by atoms with Gasteiger partial charge in [-0.15, -0.1) is 0 Å². The number of hydrogen-bond donors (Lipinski definition) is 2. The van der Waals surface area contributed by atoms with E-state index in [1.165, 1.54) is 31.2 Å². The number of rotatable bonds is 8. The summed E-state index contributed by atoms with van der Waals surface area (Å²) in [5.74, 6) is -0.443. The molecule has 0 radical (unpaired) electrons. The number of nitrogens with zero attached hydrogens (tertiary/aromatic N) is 1. The van der Waals surface area contributed by atoms with Crippen molar-refractivity contribution < 1.29 is 24.0 Å². The fourth-order valence-corrected chi connectivity index (χ4v) is 3.51. The Morgan fingerprint density at radius 1 is 1.20 bits per heavy atom. The van der Waals surface area contributed by atoms with Gasteiger partial charge in [0.25, 0.3) is 17.5 Å². The van der Waals surface area contributed by atoms with Crippen molar-refractivity contribution >= 4 is 23.5 Å². The van der Waals surface area contributed by atoms with Crippen molar-refractivity contribution in [1.82, 2.24) is 10.6 Å². The lowest BCUT2D eigenvalue weighted by Crippen LogP contribution is -2.47. The highest BCUT2D eigenvalue weighted by atomic mass is 16.6. The first-order valence-corrected chi connectivity index (χ1v) is 10.2. The smallest absolute Gasteiger partial charge is 0.308 e. The molecular weight excluding hydrogens is 390 g/mol. The van der Waals surface area contributed by atoms with Gasteiger partial charge in [-0.25, -0.2) is 0 Å². The van der Waals surface area contributed by atoms with Crippen molar-refractivity contribution in [1.29, 1.82) is 0 Å². The van der Waals surface area contributed by atoms with Gasteiger partial charge in [0.2, 0.25) is 0 Å². The number of ether oxygens (including phenoxy) is 1. The summed E-state index contributed by atoms with van der Waals surface area (Å²) in [5, 5.41) is 16.2. The molecule has 0 aromatic heterocycles. The van der Waals surface area contributed by atoms with Crippen molar-refractivity contribution in [3.63, 3.8) is 0 Å². The molecule has 0 spiro atoms. The van der Waals surface area contributed by atoms with Crippen LogP contribution in [0.2, 0.25) is 0 Å². The molecule has 1 aliphatic rings. The first-order chi connectivity index (χ1) is 14.2. The molecule has 0 bridgehead atoms. The molecule has 1 saturated carbocycles. The molecule has 0 heterocycles. The normalized spacial score (nSPS) is 21.9. The molecule has 1 aromatic carbocycles. The van der Waals surface area contributed by atoms with E-state index in [0.29, 0.717) is 11.8 Å². The third-order valence-electron chi connectivity index (χ3n) is 5.67. The van der Waals surface area contributed by atoms with Gasteiger partial charge >= 0.3 is 5.97 Å². The molecule has 2 N–H and O–H groups in total. The molecule has 4 atom stereocenters. The number of nitro benzene ring substituents is 1. The van der Waals surface area contributed by atoms with Crippen LogP contribution in [0.25, 0.3) is 0 Å². The van der Waals surface area contributed by atoms with E-state index >= 15 is 0 Å². The monoisotopic (exact) mass is 419 g/mol. The van der Waals surface area contributed by atoms with Crippen LogP contribution in [0, 0.1) is 22.0 Å². The van der Waals surface area contributed by atoms with Gasteiger partial charge in [0.15, 0.2) is 6.10 Å². The highest BCUT2D eigenvalue weighted by Gasteiger charge is 2.30. The van der Waals surface area contributed by atoms with Crippen LogP contribution in [-0.2, 0) is 14.3 Å². The van der Waals surface area contributed by atoms with Gasteiger partial charge in [-0.3, -0.25) is 24.5 Å².